The van der Waals surface area contributed by atoms with Gasteiger partial charge in [-0.25, -0.2) is 5.43 Å². The molecule has 0 spiro atoms. The molecule has 0 unspecified atom stereocenters. The van der Waals surface area contributed by atoms with Crippen molar-refractivity contribution in [2.75, 3.05) is 0 Å². The fourth-order valence-electron chi connectivity index (χ4n) is 3.26. The van der Waals surface area contributed by atoms with Crippen LogP contribution in [-0.2, 0) is 25.1 Å². The molecule has 9 heteroatoms. The van der Waals surface area contributed by atoms with Crippen molar-refractivity contribution in [3.63, 3.8) is 0 Å². The van der Waals surface area contributed by atoms with Crippen molar-refractivity contribution in [2.24, 2.45) is 19.2 Å². The van der Waals surface area contributed by atoms with Crippen LogP contribution in [0.3, 0.4) is 0 Å². The van der Waals surface area contributed by atoms with Crippen LogP contribution < -0.4 is 5.43 Å². The van der Waals surface area contributed by atoms with E-state index in [9.17, 15) is 18.0 Å². The zero-order chi connectivity index (χ0) is 19.3. The Morgan fingerprint density at radius 3 is 2.67 bits per heavy atom. The van der Waals surface area contributed by atoms with Crippen LogP contribution in [0.4, 0.5) is 13.2 Å². The zero-order valence-electron chi connectivity index (χ0n) is 14.4. The highest BCUT2D eigenvalue weighted by Gasteiger charge is 2.40. The van der Waals surface area contributed by atoms with E-state index in [-0.39, 0.29) is 16.8 Å². The van der Waals surface area contributed by atoms with Crippen LogP contribution in [0.2, 0.25) is 0 Å². The standard InChI is InChI=1S/C18H14F3N5O/c1-25-9-10(11-5-3-4-6-14(11)25)7-12-15(23-24-17(12)27)13-8-22-26(2)16(13)18(19,20)21/h3-9H,1-2H3,(H,24,27)/b12-7-. The fourth-order valence-corrected chi connectivity index (χ4v) is 3.26. The van der Waals surface area contributed by atoms with E-state index in [2.05, 4.69) is 15.6 Å². The van der Waals surface area contributed by atoms with Crippen molar-refractivity contribution in [3.05, 3.63) is 59.1 Å². The average Bonchev–Trinajstić information content (AvgIpc) is 3.25. The van der Waals surface area contributed by atoms with Gasteiger partial charge in [-0.1, -0.05) is 18.2 Å². The molecule has 0 saturated carbocycles. The number of fused-ring (bicyclic) bond motifs is 1. The Balaban J connectivity index is 1.87. The highest BCUT2D eigenvalue weighted by Crippen LogP contribution is 2.34. The molecule has 0 atom stereocenters. The van der Waals surface area contributed by atoms with Gasteiger partial charge in [0.05, 0.1) is 17.3 Å². The largest absolute Gasteiger partial charge is 0.433 e. The van der Waals surface area contributed by atoms with E-state index in [1.165, 1.54) is 7.05 Å². The Morgan fingerprint density at radius 2 is 1.93 bits per heavy atom. The minimum atomic E-state index is -4.63. The van der Waals surface area contributed by atoms with Crippen LogP contribution in [-0.4, -0.2) is 26.0 Å². The highest BCUT2D eigenvalue weighted by molar-refractivity contribution is 6.33. The Kier molecular flexibility index (Phi) is 3.69. The highest BCUT2D eigenvalue weighted by atomic mass is 19.4. The van der Waals surface area contributed by atoms with Crippen LogP contribution >= 0.6 is 0 Å². The van der Waals surface area contributed by atoms with Crippen LogP contribution in [0.1, 0.15) is 16.8 Å². The second-order valence-corrected chi connectivity index (χ2v) is 6.20. The number of nitrogens with one attached hydrogen (secondary N) is 1. The maximum Gasteiger partial charge on any atom is 0.433 e. The van der Waals surface area contributed by atoms with Crippen molar-refractivity contribution in [2.45, 2.75) is 6.18 Å². The summed E-state index contributed by atoms with van der Waals surface area (Å²) in [7, 11) is 3.06. The number of carbonyl (C=O) groups excluding carboxylic acids is 1. The first-order valence-electron chi connectivity index (χ1n) is 8.01. The summed E-state index contributed by atoms with van der Waals surface area (Å²) in [6, 6.07) is 7.55. The topological polar surface area (TPSA) is 64.2 Å². The third-order valence-electron chi connectivity index (χ3n) is 4.46. The van der Waals surface area contributed by atoms with Gasteiger partial charge in [-0.15, -0.1) is 0 Å². The van der Waals surface area contributed by atoms with Gasteiger partial charge in [0, 0.05) is 36.8 Å². The number of amides is 1. The Labute approximate surface area is 151 Å². The number of alkyl halides is 3. The lowest BCUT2D eigenvalue weighted by molar-refractivity contribution is -0.143. The quantitative estimate of drug-likeness (QED) is 0.702. The molecular formula is C18H14F3N5O. The first-order valence-corrected chi connectivity index (χ1v) is 8.01. The molecule has 1 N–H and O–H groups in total. The maximum absolute atomic E-state index is 13.4. The smallest absolute Gasteiger partial charge is 0.350 e. The van der Waals surface area contributed by atoms with Crippen molar-refractivity contribution in [1.29, 1.82) is 0 Å². The van der Waals surface area contributed by atoms with Gasteiger partial charge in [0.25, 0.3) is 5.91 Å². The Bertz CT molecular complexity index is 1130. The van der Waals surface area contributed by atoms with E-state index in [0.29, 0.717) is 5.56 Å². The predicted molar refractivity (Wildman–Crippen MR) is 93.8 cm³/mol. The third kappa shape index (κ3) is 2.71. The lowest BCUT2D eigenvalue weighted by Gasteiger charge is -2.09. The second-order valence-electron chi connectivity index (χ2n) is 6.20. The van der Waals surface area contributed by atoms with Crippen molar-refractivity contribution >= 4 is 28.6 Å². The Morgan fingerprint density at radius 1 is 1.19 bits per heavy atom. The summed E-state index contributed by atoms with van der Waals surface area (Å²) >= 11 is 0. The number of hydrogen-bond acceptors (Lipinski definition) is 3. The van der Waals surface area contributed by atoms with Gasteiger partial charge in [-0.05, 0) is 12.1 Å². The number of nitrogens with zero attached hydrogens (tertiary/aromatic N) is 4. The van der Waals surface area contributed by atoms with E-state index in [0.717, 1.165) is 21.8 Å². The first-order chi connectivity index (χ1) is 12.8. The lowest BCUT2D eigenvalue weighted by atomic mass is 10.0. The summed E-state index contributed by atoms with van der Waals surface area (Å²) in [5.74, 6) is -0.560. The molecule has 3 aromatic rings. The van der Waals surface area contributed by atoms with Gasteiger partial charge in [0.15, 0.2) is 5.69 Å². The summed E-state index contributed by atoms with van der Waals surface area (Å²) in [6.45, 7) is 0. The summed E-state index contributed by atoms with van der Waals surface area (Å²) in [6.07, 6.45) is -0.191. The fraction of sp³-hybridized carbons (Fsp3) is 0.167. The Hall–Kier alpha value is -3.36. The van der Waals surface area contributed by atoms with Crippen LogP contribution in [0, 0.1) is 0 Å². The van der Waals surface area contributed by atoms with E-state index in [1.54, 1.807) is 6.08 Å². The molecule has 2 aromatic heterocycles. The molecule has 1 aromatic carbocycles. The zero-order valence-corrected chi connectivity index (χ0v) is 14.4. The van der Waals surface area contributed by atoms with Crippen molar-refractivity contribution in [1.82, 2.24) is 19.8 Å². The molecule has 3 heterocycles. The summed E-state index contributed by atoms with van der Waals surface area (Å²) < 4.78 is 42.9. The number of carbonyl (C=O) groups is 1. The van der Waals surface area contributed by atoms with Gasteiger partial charge < -0.3 is 4.57 Å². The summed E-state index contributed by atoms with van der Waals surface area (Å²) in [5, 5.41) is 8.40. The molecule has 0 radical (unpaired) electrons. The van der Waals surface area contributed by atoms with Gasteiger partial charge in [0.1, 0.15) is 5.71 Å². The molecule has 0 fully saturated rings. The first kappa shape index (κ1) is 17.1. The average molecular weight is 373 g/mol. The molecular weight excluding hydrogens is 359 g/mol. The van der Waals surface area contributed by atoms with Gasteiger partial charge in [0.2, 0.25) is 0 Å². The van der Waals surface area contributed by atoms with Crippen LogP contribution in [0.5, 0.6) is 0 Å². The number of halogens is 3. The maximum atomic E-state index is 13.4. The molecule has 1 amide bonds. The van der Waals surface area contributed by atoms with Crippen LogP contribution in [0.15, 0.2) is 47.3 Å². The molecule has 1 aliphatic heterocycles. The van der Waals surface area contributed by atoms with Gasteiger partial charge >= 0.3 is 6.18 Å². The lowest BCUT2D eigenvalue weighted by Crippen LogP contribution is -2.18. The van der Waals surface area contributed by atoms with E-state index >= 15 is 0 Å². The van der Waals surface area contributed by atoms with Crippen LogP contribution in [0.25, 0.3) is 17.0 Å². The molecule has 4 rings (SSSR count). The normalized spacial score (nSPS) is 16.3. The minimum absolute atomic E-state index is 0.0600. The number of hydrogen-bond donors (Lipinski definition) is 1. The van der Waals surface area contributed by atoms with Crippen molar-refractivity contribution in [3.8, 4) is 0 Å². The van der Waals surface area contributed by atoms with E-state index in [4.69, 9.17) is 0 Å². The third-order valence-corrected chi connectivity index (χ3v) is 4.46. The number of rotatable bonds is 2. The monoisotopic (exact) mass is 373 g/mol. The summed E-state index contributed by atoms with van der Waals surface area (Å²) in [5.41, 5.74) is 2.69. The molecule has 0 aliphatic carbocycles. The van der Waals surface area contributed by atoms with E-state index in [1.807, 2.05) is 42.1 Å². The van der Waals surface area contributed by atoms with Crippen molar-refractivity contribution < 1.29 is 18.0 Å². The van der Waals surface area contributed by atoms with E-state index < -0.39 is 17.8 Å². The van der Waals surface area contributed by atoms with Gasteiger partial charge in [-0.3, -0.25) is 9.48 Å². The minimum Gasteiger partial charge on any atom is -0.350 e. The molecule has 27 heavy (non-hydrogen) atoms. The number of hydrazone groups is 1. The molecule has 1 aliphatic rings. The molecule has 0 bridgehead atoms. The molecule has 138 valence electrons. The number of para-hydroxylation sites is 1. The number of aryl methyl sites for hydroxylation is 2. The second kappa shape index (κ2) is 5.83. The summed E-state index contributed by atoms with van der Waals surface area (Å²) in [4.78, 5) is 12.3. The predicted octanol–water partition coefficient (Wildman–Crippen LogP) is 2.85. The number of aromatic nitrogens is 3. The molecule has 0 saturated heterocycles. The number of benzene rings is 1. The SMILES string of the molecule is Cn1ncc(C2=NNC(=O)/C2=C\c2cn(C)c3ccccc23)c1C(F)(F)F. The molecule has 6 nitrogen and oxygen atoms in total. The van der Waals surface area contributed by atoms with Gasteiger partial charge in [-0.2, -0.15) is 23.4 Å².